The standard InChI is InChI=1S/C16H14ClN5O/c17-12-5-3-4-11(10-12)14-15(21-22-20-14)16(23)19-9-7-13-6-1-2-8-18-13/h1-6,8,10H,7,9H2,(H,19,23)(H,20,21,22). The molecule has 0 spiro atoms. The summed E-state index contributed by atoms with van der Waals surface area (Å²) in [6, 6.07) is 12.8. The van der Waals surface area contributed by atoms with Crippen LogP contribution in [0.4, 0.5) is 0 Å². The molecule has 0 aliphatic rings. The van der Waals surface area contributed by atoms with Gasteiger partial charge in [-0.2, -0.15) is 15.4 Å². The second-order valence-corrected chi connectivity index (χ2v) is 5.29. The molecule has 6 nitrogen and oxygen atoms in total. The number of pyridine rings is 1. The lowest BCUT2D eigenvalue weighted by Crippen LogP contribution is -2.26. The van der Waals surface area contributed by atoms with Crippen LogP contribution < -0.4 is 5.32 Å². The molecule has 3 rings (SSSR count). The van der Waals surface area contributed by atoms with Gasteiger partial charge in [0.2, 0.25) is 0 Å². The minimum absolute atomic E-state index is 0.244. The molecule has 0 aliphatic heterocycles. The summed E-state index contributed by atoms with van der Waals surface area (Å²) in [5.74, 6) is -0.287. The fraction of sp³-hybridized carbons (Fsp3) is 0.125. The van der Waals surface area contributed by atoms with E-state index in [9.17, 15) is 4.79 Å². The third-order valence-corrected chi connectivity index (χ3v) is 3.49. The third-order valence-electron chi connectivity index (χ3n) is 3.25. The number of hydrogen-bond acceptors (Lipinski definition) is 4. The van der Waals surface area contributed by atoms with Crippen molar-refractivity contribution in [2.75, 3.05) is 6.54 Å². The number of hydrogen-bond donors (Lipinski definition) is 2. The number of aromatic amines is 1. The Balaban J connectivity index is 1.68. The second kappa shape index (κ2) is 7.02. The fourth-order valence-corrected chi connectivity index (χ4v) is 2.35. The highest BCUT2D eigenvalue weighted by Crippen LogP contribution is 2.22. The van der Waals surface area contributed by atoms with Crippen LogP contribution in [0.25, 0.3) is 11.3 Å². The summed E-state index contributed by atoms with van der Waals surface area (Å²) in [5, 5.41) is 13.9. The number of benzene rings is 1. The van der Waals surface area contributed by atoms with E-state index in [1.807, 2.05) is 24.3 Å². The molecule has 0 saturated heterocycles. The lowest BCUT2D eigenvalue weighted by atomic mass is 10.1. The molecule has 0 atom stereocenters. The molecule has 23 heavy (non-hydrogen) atoms. The Morgan fingerprint density at radius 3 is 2.87 bits per heavy atom. The van der Waals surface area contributed by atoms with Gasteiger partial charge in [0, 0.05) is 35.4 Å². The Kier molecular flexibility index (Phi) is 4.63. The minimum atomic E-state index is -0.287. The van der Waals surface area contributed by atoms with Gasteiger partial charge in [-0.15, -0.1) is 0 Å². The molecule has 0 fully saturated rings. The average Bonchev–Trinajstić information content (AvgIpc) is 3.05. The minimum Gasteiger partial charge on any atom is -0.350 e. The zero-order valence-corrected chi connectivity index (χ0v) is 12.9. The van der Waals surface area contributed by atoms with Crippen LogP contribution >= 0.6 is 11.6 Å². The number of amides is 1. The molecular weight excluding hydrogens is 314 g/mol. The average molecular weight is 328 g/mol. The van der Waals surface area contributed by atoms with Gasteiger partial charge >= 0.3 is 0 Å². The monoisotopic (exact) mass is 327 g/mol. The molecule has 0 saturated carbocycles. The van der Waals surface area contributed by atoms with Gasteiger partial charge in [0.05, 0.1) is 0 Å². The van der Waals surface area contributed by atoms with Crippen molar-refractivity contribution in [2.45, 2.75) is 6.42 Å². The van der Waals surface area contributed by atoms with Gasteiger partial charge in [-0.1, -0.05) is 29.8 Å². The summed E-state index contributed by atoms with van der Waals surface area (Å²) in [4.78, 5) is 16.5. The van der Waals surface area contributed by atoms with Crippen molar-refractivity contribution < 1.29 is 4.79 Å². The number of nitrogens with zero attached hydrogens (tertiary/aromatic N) is 3. The number of nitrogens with one attached hydrogen (secondary N) is 2. The molecule has 2 aromatic heterocycles. The van der Waals surface area contributed by atoms with Crippen LogP contribution in [0.5, 0.6) is 0 Å². The van der Waals surface area contributed by atoms with Crippen LogP contribution in [0.15, 0.2) is 48.7 Å². The maximum atomic E-state index is 12.3. The molecule has 116 valence electrons. The van der Waals surface area contributed by atoms with Gasteiger partial charge in [0.1, 0.15) is 5.69 Å². The van der Waals surface area contributed by atoms with Gasteiger partial charge in [-0.05, 0) is 24.3 Å². The second-order valence-electron chi connectivity index (χ2n) is 4.86. The molecule has 0 radical (unpaired) electrons. The Hall–Kier alpha value is -2.73. The Morgan fingerprint density at radius 1 is 1.17 bits per heavy atom. The van der Waals surface area contributed by atoms with Crippen LogP contribution in [0, 0.1) is 0 Å². The Morgan fingerprint density at radius 2 is 2.09 bits per heavy atom. The summed E-state index contributed by atoms with van der Waals surface area (Å²) >= 11 is 5.98. The molecule has 7 heteroatoms. The van der Waals surface area contributed by atoms with Gasteiger partial charge in [-0.3, -0.25) is 9.78 Å². The van der Waals surface area contributed by atoms with Crippen molar-refractivity contribution in [3.63, 3.8) is 0 Å². The number of aromatic nitrogens is 4. The van der Waals surface area contributed by atoms with E-state index in [-0.39, 0.29) is 11.6 Å². The van der Waals surface area contributed by atoms with E-state index in [0.717, 1.165) is 11.3 Å². The highest BCUT2D eigenvalue weighted by atomic mass is 35.5. The summed E-state index contributed by atoms with van der Waals surface area (Å²) in [5.41, 5.74) is 2.38. The normalized spacial score (nSPS) is 10.5. The van der Waals surface area contributed by atoms with Crippen molar-refractivity contribution in [3.05, 3.63) is 65.1 Å². The van der Waals surface area contributed by atoms with Crippen LogP contribution in [0.2, 0.25) is 5.02 Å². The molecule has 2 N–H and O–H groups in total. The first-order valence-corrected chi connectivity index (χ1v) is 7.46. The zero-order valence-electron chi connectivity index (χ0n) is 12.2. The topological polar surface area (TPSA) is 83.6 Å². The fourth-order valence-electron chi connectivity index (χ4n) is 2.16. The number of halogens is 1. The van der Waals surface area contributed by atoms with E-state index in [0.29, 0.717) is 23.7 Å². The molecule has 0 aliphatic carbocycles. The summed E-state index contributed by atoms with van der Waals surface area (Å²) < 4.78 is 0. The highest BCUT2D eigenvalue weighted by Gasteiger charge is 2.17. The first-order chi connectivity index (χ1) is 11.2. The van der Waals surface area contributed by atoms with E-state index in [4.69, 9.17) is 11.6 Å². The first kappa shape index (κ1) is 15.2. The Labute approximate surface area is 137 Å². The lowest BCUT2D eigenvalue weighted by molar-refractivity contribution is 0.0949. The van der Waals surface area contributed by atoms with Crippen molar-refractivity contribution >= 4 is 17.5 Å². The first-order valence-electron chi connectivity index (χ1n) is 7.09. The van der Waals surface area contributed by atoms with Crippen LogP contribution in [0.3, 0.4) is 0 Å². The summed E-state index contributed by atoms with van der Waals surface area (Å²) in [6.07, 6.45) is 2.38. The Bertz CT molecular complexity index is 803. The molecule has 0 bridgehead atoms. The van der Waals surface area contributed by atoms with Crippen molar-refractivity contribution in [3.8, 4) is 11.3 Å². The van der Waals surface area contributed by atoms with E-state index in [1.165, 1.54) is 0 Å². The summed E-state index contributed by atoms with van der Waals surface area (Å²) in [7, 11) is 0. The largest absolute Gasteiger partial charge is 0.350 e. The maximum absolute atomic E-state index is 12.3. The molecule has 0 unspecified atom stereocenters. The van der Waals surface area contributed by atoms with E-state index in [2.05, 4.69) is 25.7 Å². The lowest BCUT2D eigenvalue weighted by Gasteiger charge is -2.04. The SMILES string of the molecule is O=C(NCCc1ccccn1)c1n[nH]nc1-c1cccc(Cl)c1. The van der Waals surface area contributed by atoms with Crippen LogP contribution in [0.1, 0.15) is 16.2 Å². The molecule has 3 aromatic rings. The van der Waals surface area contributed by atoms with Gasteiger partial charge in [0.15, 0.2) is 5.69 Å². The number of carbonyl (C=O) groups is 1. The molecular formula is C16H14ClN5O. The summed E-state index contributed by atoms with van der Waals surface area (Å²) in [6.45, 7) is 0.470. The zero-order chi connectivity index (χ0) is 16.1. The van der Waals surface area contributed by atoms with Gasteiger partial charge < -0.3 is 5.32 Å². The van der Waals surface area contributed by atoms with E-state index in [1.54, 1.807) is 24.4 Å². The smallest absolute Gasteiger partial charge is 0.274 e. The van der Waals surface area contributed by atoms with Crippen LogP contribution in [-0.2, 0) is 6.42 Å². The van der Waals surface area contributed by atoms with Crippen molar-refractivity contribution in [2.24, 2.45) is 0 Å². The van der Waals surface area contributed by atoms with Gasteiger partial charge in [0.25, 0.3) is 5.91 Å². The quantitative estimate of drug-likeness (QED) is 0.754. The number of H-pyrrole nitrogens is 1. The van der Waals surface area contributed by atoms with Crippen molar-refractivity contribution in [1.82, 2.24) is 25.7 Å². The maximum Gasteiger partial charge on any atom is 0.274 e. The van der Waals surface area contributed by atoms with Crippen LogP contribution in [-0.4, -0.2) is 32.8 Å². The van der Waals surface area contributed by atoms with Gasteiger partial charge in [-0.25, -0.2) is 0 Å². The number of carbonyl (C=O) groups excluding carboxylic acids is 1. The third kappa shape index (κ3) is 3.73. The predicted molar refractivity (Wildman–Crippen MR) is 87.1 cm³/mol. The number of rotatable bonds is 5. The highest BCUT2D eigenvalue weighted by molar-refractivity contribution is 6.30. The van der Waals surface area contributed by atoms with E-state index >= 15 is 0 Å². The molecule has 2 heterocycles. The van der Waals surface area contributed by atoms with Crippen molar-refractivity contribution in [1.29, 1.82) is 0 Å². The predicted octanol–water partition coefficient (Wildman–Crippen LogP) is 2.49. The van der Waals surface area contributed by atoms with E-state index < -0.39 is 0 Å². The molecule has 1 aromatic carbocycles. The molecule has 1 amide bonds.